The highest BCUT2D eigenvalue weighted by Crippen LogP contribution is 2.65. The van der Waals surface area contributed by atoms with Crippen LogP contribution >= 0.6 is 0 Å². The van der Waals surface area contributed by atoms with Gasteiger partial charge in [0.25, 0.3) is 0 Å². The third kappa shape index (κ3) is 3.43. The number of ether oxygens (including phenoxy) is 1. The molecule has 0 aromatic carbocycles. The molecule has 0 aromatic rings. The molecule has 34 heavy (non-hydrogen) atoms. The standard InChI is InChI=1S/C26H40N2O6/c1-6-12-27(17-10-8-7-9-11-17)23(31)21-26-13-16(4)25(5,34-26)20(24(32)33)19(26)22(30)28(21)18(14-29)15(2)3/h6,15-21,29H,1,7-14H2,2-5H3,(H,32,33)/t16?,18-,19-,20-,21?,25+,26?/m0/s1. The van der Waals surface area contributed by atoms with Crippen LogP contribution in [0, 0.1) is 23.7 Å². The summed E-state index contributed by atoms with van der Waals surface area (Å²) in [4.78, 5) is 44.2. The molecule has 1 aliphatic carbocycles. The predicted octanol–water partition coefficient (Wildman–Crippen LogP) is 2.45. The summed E-state index contributed by atoms with van der Waals surface area (Å²) in [6, 6.07) is -1.50. The van der Waals surface area contributed by atoms with Gasteiger partial charge in [0.2, 0.25) is 11.8 Å². The molecule has 1 saturated carbocycles. The van der Waals surface area contributed by atoms with Crippen molar-refractivity contribution in [3.05, 3.63) is 12.7 Å². The molecule has 8 heteroatoms. The Morgan fingerprint density at radius 2 is 1.94 bits per heavy atom. The van der Waals surface area contributed by atoms with Crippen molar-refractivity contribution < 1.29 is 29.3 Å². The van der Waals surface area contributed by atoms with Crippen molar-refractivity contribution >= 4 is 17.8 Å². The van der Waals surface area contributed by atoms with Gasteiger partial charge in [-0.25, -0.2) is 0 Å². The SMILES string of the molecule is C=CCN(C(=O)C1N([C@@H](CO)C(C)C)C(=O)[C@@H]2[C@@H](C(=O)O)[C@]3(C)OC12CC3C)C1CCCCC1. The first-order valence-electron chi connectivity index (χ1n) is 12.8. The normalized spacial score (nSPS) is 38.3. The second-order valence-corrected chi connectivity index (χ2v) is 11.4. The first-order valence-corrected chi connectivity index (χ1v) is 12.8. The number of carbonyl (C=O) groups excluding carboxylic acids is 2. The van der Waals surface area contributed by atoms with Gasteiger partial charge in [-0.2, -0.15) is 0 Å². The second kappa shape index (κ2) is 8.94. The maximum absolute atomic E-state index is 14.4. The molecule has 3 aliphatic heterocycles. The topological polar surface area (TPSA) is 107 Å². The highest BCUT2D eigenvalue weighted by Gasteiger charge is 2.80. The fourth-order valence-corrected chi connectivity index (χ4v) is 7.42. The van der Waals surface area contributed by atoms with Crippen LogP contribution in [0.3, 0.4) is 0 Å². The summed E-state index contributed by atoms with van der Waals surface area (Å²) in [5.74, 6) is -3.86. The van der Waals surface area contributed by atoms with Gasteiger partial charge in [-0.15, -0.1) is 6.58 Å². The van der Waals surface area contributed by atoms with Crippen LogP contribution in [-0.2, 0) is 19.1 Å². The van der Waals surface area contributed by atoms with E-state index in [0.29, 0.717) is 13.0 Å². The molecular formula is C26H40N2O6. The van der Waals surface area contributed by atoms with Gasteiger partial charge < -0.3 is 24.7 Å². The van der Waals surface area contributed by atoms with E-state index in [0.717, 1.165) is 32.1 Å². The minimum atomic E-state index is -1.21. The molecule has 7 atom stereocenters. The van der Waals surface area contributed by atoms with Crippen LogP contribution in [0.2, 0.25) is 0 Å². The lowest BCUT2D eigenvalue weighted by atomic mass is 9.62. The average molecular weight is 477 g/mol. The minimum absolute atomic E-state index is 0.0557. The lowest BCUT2D eigenvalue weighted by Gasteiger charge is -2.43. The van der Waals surface area contributed by atoms with E-state index in [1.807, 2.05) is 25.7 Å². The molecule has 4 aliphatic rings. The monoisotopic (exact) mass is 476 g/mol. The number of hydrogen-bond acceptors (Lipinski definition) is 5. The second-order valence-electron chi connectivity index (χ2n) is 11.4. The van der Waals surface area contributed by atoms with E-state index < -0.39 is 41.1 Å². The van der Waals surface area contributed by atoms with E-state index in [1.54, 1.807) is 13.0 Å². The van der Waals surface area contributed by atoms with Crippen LogP contribution in [0.5, 0.6) is 0 Å². The van der Waals surface area contributed by atoms with Crippen LogP contribution in [-0.4, -0.2) is 80.3 Å². The Balaban J connectivity index is 1.84. The maximum atomic E-state index is 14.4. The Hall–Kier alpha value is -1.93. The average Bonchev–Trinajstić information content (AvgIpc) is 3.30. The van der Waals surface area contributed by atoms with Gasteiger partial charge in [-0.1, -0.05) is 46.1 Å². The first-order chi connectivity index (χ1) is 16.0. The van der Waals surface area contributed by atoms with Crippen LogP contribution in [0.4, 0.5) is 0 Å². The lowest BCUT2D eigenvalue weighted by molar-refractivity contribution is -0.161. The van der Waals surface area contributed by atoms with Crippen molar-refractivity contribution in [1.82, 2.24) is 9.80 Å². The van der Waals surface area contributed by atoms with E-state index >= 15 is 0 Å². The fourth-order valence-electron chi connectivity index (χ4n) is 7.42. The summed E-state index contributed by atoms with van der Waals surface area (Å²) in [5, 5.41) is 20.5. The van der Waals surface area contributed by atoms with Crippen molar-refractivity contribution in [1.29, 1.82) is 0 Å². The number of amides is 2. The molecule has 3 heterocycles. The van der Waals surface area contributed by atoms with Gasteiger partial charge in [0, 0.05) is 12.6 Å². The molecule has 4 rings (SSSR count). The number of fused-ring (bicyclic) bond motifs is 1. The molecule has 2 amide bonds. The Bertz CT molecular complexity index is 854. The fraction of sp³-hybridized carbons (Fsp3) is 0.808. The van der Waals surface area contributed by atoms with Crippen molar-refractivity contribution in [2.45, 2.75) is 95.5 Å². The lowest BCUT2D eigenvalue weighted by Crippen LogP contribution is -2.61. The molecule has 2 N–H and O–H groups in total. The van der Waals surface area contributed by atoms with Crippen molar-refractivity contribution in [2.24, 2.45) is 23.7 Å². The zero-order valence-electron chi connectivity index (χ0n) is 20.9. The number of aliphatic carboxylic acids is 1. The summed E-state index contributed by atoms with van der Waals surface area (Å²) < 4.78 is 6.58. The molecule has 0 aromatic heterocycles. The molecule has 190 valence electrons. The summed E-state index contributed by atoms with van der Waals surface area (Å²) in [5.41, 5.74) is -2.22. The van der Waals surface area contributed by atoms with Crippen molar-refractivity contribution in [3.8, 4) is 0 Å². The van der Waals surface area contributed by atoms with Crippen LogP contribution in [0.1, 0.15) is 66.2 Å². The van der Waals surface area contributed by atoms with Crippen LogP contribution in [0.25, 0.3) is 0 Å². The summed E-state index contributed by atoms with van der Waals surface area (Å²) in [6.07, 6.45) is 7.19. The Morgan fingerprint density at radius 3 is 2.47 bits per heavy atom. The number of hydrogen-bond donors (Lipinski definition) is 2. The van der Waals surface area contributed by atoms with Gasteiger partial charge in [-0.05, 0) is 38.0 Å². The largest absolute Gasteiger partial charge is 0.481 e. The molecule has 8 nitrogen and oxygen atoms in total. The zero-order valence-corrected chi connectivity index (χ0v) is 20.9. The van der Waals surface area contributed by atoms with E-state index in [-0.39, 0.29) is 36.3 Å². The number of carboxylic acids is 1. The van der Waals surface area contributed by atoms with Gasteiger partial charge in [0.05, 0.1) is 24.2 Å². The molecule has 4 fully saturated rings. The Labute approximate surface area is 202 Å². The molecule has 3 saturated heterocycles. The van der Waals surface area contributed by atoms with E-state index in [1.165, 1.54) is 4.90 Å². The van der Waals surface area contributed by atoms with E-state index in [2.05, 4.69) is 6.58 Å². The number of aliphatic hydroxyl groups is 1. The Morgan fingerprint density at radius 1 is 1.29 bits per heavy atom. The van der Waals surface area contributed by atoms with Gasteiger partial charge in [-0.3, -0.25) is 14.4 Å². The van der Waals surface area contributed by atoms with Crippen LogP contribution in [0.15, 0.2) is 12.7 Å². The van der Waals surface area contributed by atoms with E-state index in [4.69, 9.17) is 4.74 Å². The summed E-state index contributed by atoms with van der Waals surface area (Å²) in [7, 11) is 0. The maximum Gasteiger partial charge on any atom is 0.310 e. The zero-order chi connectivity index (χ0) is 25.0. The third-order valence-electron chi connectivity index (χ3n) is 9.19. The van der Waals surface area contributed by atoms with Gasteiger partial charge in [0.15, 0.2) is 0 Å². The van der Waals surface area contributed by atoms with Gasteiger partial charge in [0.1, 0.15) is 17.6 Å². The number of carbonyl (C=O) groups is 3. The van der Waals surface area contributed by atoms with Crippen molar-refractivity contribution in [3.63, 3.8) is 0 Å². The van der Waals surface area contributed by atoms with Gasteiger partial charge >= 0.3 is 5.97 Å². The highest BCUT2D eigenvalue weighted by molar-refractivity contribution is 5.98. The number of carboxylic acid groups (broad SMARTS) is 1. The van der Waals surface area contributed by atoms with E-state index in [9.17, 15) is 24.6 Å². The smallest absolute Gasteiger partial charge is 0.310 e. The number of aliphatic hydroxyl groups excluding tert-OH is 1. The molecule has 1 spiro atoms. The Kier molecular flexibility index (Phi) is 6.62. The molecular weight excluding hydrogens is 436 g/mol. The molecule has 2 bridgehead atoms. The molecule has 3 unspecified atom stereocenters. The predicted molar refractivity (Wildman–Crippen MR) is 126 cm³/mol. The number of nitrogens with zero attached hydrogens (tertiary/aromatic N) is 2. The summed E-state index contributed by atoms with van der Waals surface area (Å²) in [6.45, 7) is 11.5. The number of likely N-dealkylation sites (tertiary alicyclic amines) is 1. The van der Waals surface area contributed by atoms with Crippen molar-refractivity contribution in [2.75, 3.05) is 13.2 Å². The first kappa shape index (κ1) is 25.2. The summed E-state index contributed by atoms with van der Waals surface area (Å²) >= 11 is 0. The number of rotatable bonds is 8. The quantitative estimate of drug-likeness (QED) is 0.521. The third-order valence-corrected chi connectivity index (χ3v) is 9.19. The molecule has 0 radical (unpaired) electrons. The highest BCUT2D eigenvalue weighted by atomic mass is 16.5. The van der Waals surface area contributed by atoms with Crippen LogP contribution < -0.4 is 0 Å². The minimum Gasteiger partial charge on any atom is -0.481 e.